The van der Waals surface area contributed by atoms with Crippen molar-refractivity contribution >= 4 is 11.6 Å². The molecule has 1 aliphatic heterocycles. The molecule has 2 atom stereocenters. The number of hydrogen-bond donors (Lipinski definition) is 1. The monoisotopic (exact) mass is 326 g/mol. The standard InChI is InChI=1S/C19H22N2O3/c1-21-11-12-24-18(19(21)22)17(20-15-8-4-3-5-9-15)14-7-6-10-16(13-14)23-2/h3-10,13,17-18,20H,11-12H2,1-2H3/t17-,18+/m1/s1. The van der Waals surface area contributed by atoms with E-state index in [-0.39, 0.29) is 11.9 Å². The molecule has 1 saturated heterocycles. The van der Waals surface area contributed by atoms with Crippen LogP contribution in [0.1, 0.15) is 11.6 Å². The number of carbonyl (C=O) groups is 1. The Morgan fingerprint density at radius 3 is 2.75 bits per heavy atom. The van der Waals surface area contributed by atoms with Crippen molar-refractivity contribution in [1.82, 2.24) is 4.90 Å². The van der Waals surface area contributed by atoms with Gasteiger partial charge in [0, 0.05) is 19.3 Å². The lowest BCUT2D eigenvalue weighted by atomic mass is 9.98. The van der Waals surface area contributed by atoms with Gasteiger partial charge in [0.25, 0.3) is 5.91 Å². The van der Waals surface area contributed by atoms with E-state index in [2.05, 4.69) is 5.32 Å². The summed E-state index contributed by atoms with van der Waals surface area (Å²) < 4.78 is 11.2. The number of methoxy groups -OCH3 is 1. The molecule has 2 aromatic rings. The molecule has 0 radical (unpaired) electrons. The maximum atomic E-state index is 12.6. The van der Waals surface area contributed by atoms with E-state index >= 15 is 0 Å². The molecule has 3 rings (SSSR count). The fraction of sp³-hybridized carbons (Fsp3) is 0.316. The minimum Gasteiger partial charge on any atom is -0.497 e. The predicted molar refractivity (Wildman–Crippen MR) is 93.2 cm³/mol. The van der Waals surface area contributed by atoms with Gasteiger partial charge in [0.2, 0.25) is 0 Å². The Kier molecular flexibility index (Phi) is 5.01. The van der Waals surface area contributed by atoms with Gasteiger partial charge in [0.1, 0.15) is 5.75 Å². The summed E-state index contributed by atoms with van der Waals surface area (Å²) in [7, 11) is 3.44. The molecule has 126 valence electrons. The fourth-order valence-corrected chi connectivity index (χ4v) is 2.84. The number of para-hydroxylation sites is 1. The lowest BCUT2D eigenvalue weighted by Crippen LogP contribution is -2.49. The molecule has 0 aliphatic carbocycles. The first-order valence-corrected chi connectivity index (χ1v) is 8.01. The van der Waals surface area contributed by atoms with E-state index < -0.39 is 6.10 Å². The number of rotatable bonds is 5. The van der Waals surface area contributed by atoms with Crippen LogP contribution in [0.4, 0.5) is 5.69 Å². The van der Waals surface area contributed by atoms with Crippen molar-refractivity contribution in [2.45, 2.75) is 12.1 Å². The third-order valence-electron chi connectivity index (χ3n) is 4.20. The van der Waals surface area contributed by atoms with Crippen LogP contribution in [0.5, 0.6) is 5.75 Å². The van der Waals surface area contributed by atoms with Crippen LogP contribution in [0.15, 0.2) is 54.6 Å². The summed E-state index contributed by atoms with van der Waals surface area (Å²) in [6, 6.07) is 17.3. The number of likely N-dealkylation sites (N-methyl/N-ethyl adjacent to an activating group) is 1. The van der Waals surface area contributed by atoms with Crippen LogP contribution in [-0.2, 0) is 9.53 Å². The van der Waals surface area contributed by atoms with Crippen LogP contribution in [0, 0.1) is 0 Å². The second-order valence-corrected chi connectivity index (χ2v) is 5.82. The number of benzene rings is 2. The van der Waals surface area contributed by atoms with E-state index in [4.69, 9.17) is 9.47 Å². The number of nitrogens with zero attached hydrogens (tertiary/aromatic N) is 1. The van der Waals surface area contributed by atoms with E-state index in [1.165, 1.54) is 0 Å². The van der Waals surface area contributed by atoms with E-state index in [0.717, 1.165) is 17.0 Å². The smallest absolute Gasteiger partial charge is 0.254 e. The lowest BCUT2D eigenvalue weighted by Gasteiger charge is -2.35. The van der Waals surface area contributed by atoms with Gasteiger partial charge in [-0.05, 0) is 29.8 Å². The Labute approximate surface area is 142 Å². The quantitative estimate of drug-likeness (QED) is 0.918. The normalized spacial score (nSPS) is 19.0. The second-order valence-electron chi connectivity index (χ2n) is 5.82. The van der Waals surface area contributed by atoms with Gasteiger partial charge in [-0.3, -0.25) is 4.79 Å². The molecule has 24 heavy (non-hydrogen) atoms. The number of nitrogens with one attached hydrogen (secondary N) is 1. The zero-order valence-corrected chi connectivity index (χ0v) is 13.9. The van der Waals surface area contributed by atoms with Crippen molar-refractivity contribution in [1.29, 1.82) is 0 Å². The topological polar surface area (TPSA) is 50.8 Å². The first-order valence-electron chi connectivity index (χ1n) is 8.01. The molecule has 0 bridgehead atoms. The first kappa shape index (κ1) is 16.3. The van der Waals surface area contributed by atoms with Crippen molar-refractivity contribution < 1.29 is 14.3 Å². The lowest BCUT2D eigenvalue weighted by molar-refractivity contribution is -0.152. The summed E-state index contributed by atoms with van der Waals surface area (Å²) >= 11 is 0. The molecular weight excluding hydrogens is 304 g/mol. The van der Waals surface area contributed by atoms with Gasteiger partial charge in [-0.15, -0.1) is 0 Å². The van der Waals surface area contributed by atoms with E-state index in [0.29, 0.717) is 13.2 Å². The van der Waals surface area contributed by atoms with Crippen molar-refractivity contribution in [3.63, 3.8) is 0 Å². The summed E-state index contributed by atoms with van der Waals surface area (Å²) in [5.41, 5.74) is 1.89. The highest BCUT2D eigenvalue weighted by molar-refractivity contribution is 5.83. The molecule has 1 N–H and O–H groups in total. The number of ether oxygens (including phenoxy) is 2. The van der Waals surface area contributed by atoms with Gasteiger partial charge in [-0.25, -0.2) is 0 Å². The number of amides is 1. The zero-order chi connectivity index (χ0) is 16.9. The summed E-state index contributed by atoms with van der Waals surface area (Å²) in [6.07, 6.45) is -0.573. The van der Waals surface area contributed by atoms with Gasteiger partial charge in [0.05, 0.1) is 19.8 Å². The van der Waals surface area contributed by atoms with E-state index in [9.17, 15) is 4.79 Å². The minimum atomic E-state index is -0.573. The fourth-order valence-electron chi connectivity index (χ4n) is 2.84. The molecule has 1 fully saturated rings. The third kappa shape index (κ3) is 3.51. The van der Waals surface area contributed by atoms with Crippen LogP contribution in [0.2, 0.25) is 0 Å². The Hall–Kier alpha value is -2.53. The number of anilines is 1. The maximum absolute atomic E-state index is 12.6. The number of carbonyl (C=O) groups excluding carboxylic acids is 1. The van der Waals surface area contributed by atoms with Gasteiger partial charge in [0.15, 0.2) is 6.10 Å². The average Bonchev–Trinajstić information content (AvgIpc) is 2.63. The molecule has 1 aliphatic rings. The molecule has 1 amide bonds. The van der Waals surface area contributed by atoms with Crippen LogP contribution < -0.4 is 10.1 Å². The van der Waals surface area contributed by atoms with Crippen molar-refractivity contribution in [3.05, 3.63) is 60.2 Å². The highest BCUT2D eigenvalue weighted by Crippen LogP contribution is 2.29. The summed E-state index contributed by atoms with van der Waals surface area (Å²) in [6.45, 7) is 1.15. The summed E-state index contributed by atoms with van der Waals surface area (Å²) in [4.78, 5) is 14.3. The molecule has 1 heterocycles. The molecule has 5 heteroatoms. The van der Waals surface area contributed by atoms with Gasteiger partial charge < -0.3 is 19.7 Å². The molecule has 2 aromatic carbocycles. The van der Waals surface area contributed by atoms with E-state index in [1.54, 1.807) is 12.0 Å². The number of morpholine rings is 1. The van der Waals surface area contributed by atoms with Gasteiger partial charge in [-0.2, -0.15) is 0 Å². The second kappa shape index (κ2) is 7.36. The van der Waals surface area contributed by atoms with Gasteiger partial charge in [-0.1, -0.05) is 30.3 Å². The predicted octanol–water partition coefficient (Wildman–Crippen LogP) is 2.71. The van der Waals surface area contributed by atoms with Crippen LogP contribution in [0.25, 0.3) is 0 Å². The SMILES string of the molecule is COc1cccc([C@@H](Nc2ccccc2)[C@@H]2OCCN(C)C2=O)c1. The Bertz CT molecular complexity index is 690. The highest BCUT2D eigenvalue weighted by Gasteiger charge is 2.35. The van der Waals surface area contributed by atoms with Crippen LogP contribution in [0.3, 0.4) is 0 Å². The van der Waals surface area contributed by atoms with E-state index in [1.807, 2.05) is 61.6 Å². The molecular formula is C19H22N2O3. The largest absolute Gasteiger partial charge is 0.497 e. The molecule has 0 spiro atoms. The van der Waals surface area contributed by atoms with Crippen molar-refractivity contribution in [2.24, 2.45) is 0 Å². The van der Waals surface area contributed by atoms with Crippen LogP contribution in [-0.4, -0.2) is 44.2 Å². The summed E-state index contributed by atoms with van der Waals surface area (Å²) in [5.74, 6) is 0.737. The molecule has 0 aromatic heterocycles. The molecule has 5 nitrogen and oxygen atoms in total. The third-order valence-corrected chi connectivity index (χ3v) is 4.20. The average molecular weight is 326 g/mol. The summed E-state index contributed by atoms with van der Waals surface area (Å²) in [5, 5.41) is 3.44. The zero-order valence-electron chi connectivity index (χ0n) is 13.9. The first-order chi connectivity index (χ1) is 11.7. The number of hydrogen-bond acceptors (Lipinski definition) is 4. The highest BCUT2D eigenvalue weighted by atomic mass is 16.5. The van der Waals surface area contributed by atoms with Crippen molar-refractivity contribution in [3.8, 4) is 5.75 Å². The Morgan fingerprint density at radius 2 is 2.00 bits per heavy atom. The van der Waals surface area contributed by atoms with Crippen LogP contribution >= 0.6 is 0 Å². The molecule has 0 unspecified atom stereocenters. The van der Waals surface area contributed by atoms with Crippen molar-refractivity contribution in [2.75, 3.05) is 32.6 Å². The minimum absolute atomic E-state index is 0.0162. The van der Waals surface area contributed by atoms with Gasteiger partial charge >= 0.3 is 0 Å². The Balaban J connectivity index is 1.95. The Morgan fingerprint density at radius 1 is 1.21 bits per heavy atom. The molecule has 0 saturated carbocycles. The maximum Gasteiger partial charge on any atom is 0.254 e.